The monoisotopic (exact) mass is 378 g/mol. The number of nitrogens with zero attached hydrogens (tertiary/aromatic N) is 1. The summed E-state index contributed by atoms with van der Waals surface area (Å²) in [6, 6.07) is 19.7. The van der Waals surface area contributed by atoms with E-state index in [1.54, 1.807) is 0 Å². The van der Waals surface area contributed by atoms with E-state index >= 15 is 0 Å². The molecule has 0 aromatic heterocycles. The summed E-state index contributed by atoms with van der Waals surface area (Å²) in [4.78, 5) is 14.8. The molecule has 2 aliphatic heterocycles. The second kappa shape index (κ2) is 9.35. The lowest BCUT2D eigenvalue weighted by Crippen LogP contribution is -2.48. The molecule has 1 amide bonds. The molecule has 0 bridgehead atoms. The normalized spacial score (nSPS) is 21.4. The first-order valence-corrected chi connectivity index (χ1v) is 10.6. The first kappa shape index (κ1) is 19.2. The van der Waals surface area contributed by atoms with E-state index in [0.29, 0.717) is 0 Å². The van der Waals surface area contributed by atoms with Crippen molar-refractivity contribution in [1.82, 2.24) is 10.2 Å². The summed E-state index contributed by atoms with van der Waals surface area (Å²) in [6.45, 7) is 3.74. The van der Waals surface area contributed by atoms with Crippen molar-refractivity contribution in [3.8, 4) is 11.1 Å². The Labute approximate surface area is 167 Å². The summed E-state index contributed by atoms with van der Waals surface area (Å²) in [5, 5.41) is 3.21. The van der Waals surface area contributed by atoms with E-state index < -0.39 is 0 Å². The van der Waals surface area contributed by atoms with Crippen LogP contribution in [0.1, 0.15) is 37.7 Å². The Morgan fingerprint density at radius 1 is 0.929 bits per heavy atom. The molecule has 0 aliphatic carbocycles. The van der Waals surface area contributed by atoms with E-state index in [4.69, 9.17) is 4.74 Å². The molecule has 2 aliphatic rings. The van der Waals surface area contributed by atoms with Crippen molar-refractivity contribution >= 4 is 5.91 Å². The number of benzene rings is 2. The minimum Gasteiger partial charge on any atom is -0.368 e. The van der Waals surface area contributed by atoms with Gasteiger partial charge in [0, 0.05) is 32.3 Å². The number of hydrogen-bond acceptors (Lipinski definition) is 3. The SMILES string of the molecule is O=C(NC1CCN(Cc2ccc(-c3ccccc3)cc2)CC1)[C@H]1CCCCO1. The molecular weight excluding hydrogens is 348 g/mol. The van der Waals surface area contributed by atoms with E-state index in [9.17, 15) is 4.79 Å². The van der Waals surface area contributed by atoms with Gasteiger partial charge in [0.2, 0.25) is 5.91 Å². The molecule has 0 unspecified atom stereocenters. The molecule has 0 radical (unpaired) electrons. The predicted octanol–water partition coefficient (Wildman–Crippen LogP) is 4.00. The van der Waals surface area contributed by atoms with Gasteiger partial charge >= 0.3 is 0 Å². The van der Waals surface area contributed by atoms with Crippen LogP contribution in [-0.4, -0.2) is 42.6 Å². The molecule has 2 aromatic rings. The quantitative estimate of drug-likeness (QED) is 0.855. The third-order valence-electron chi connectivity index (χ3n) is 5.87. The van der Waals surface area contributed by atoms with E-state index in [0.717, 1.165) is 58.3 Å². The maximum Gasteiger partial charge on any atom is 0.249 e. The van der Waals surface area contributed by atoms with Crippen LogP contribution < -0.4 is 5.32 Å². The highest BCUT2D eigenvalue weighted by atomic mass is 16.5. The van der Waals surface area contributed by atoms with Gasteiger partial charge in [-0.15, -0.1) is 0 Å². The minimum atomic E-state index is -0.227. The largest absolute Gasteiger partial charge is 0.368 e. The number of carbonyl (C=O) groups is 1. The lowest BCUT2D eigenvalue weighted by Gasteiger charge is -2.33. The smallest absolute Gasteiger partial charge is 0.249 e. The lowest BCUT2D eigenvalue weighted by molar-refractivity contribution is -0.136. The Kier molecular flexibility index (Phi) is 6.40. The van der Waals surface area contributed by atoms with Gasteiger partial charge in [-0.1, -0.05) is 54.6 Å². The highest BCUT2D eigenvalue weighted by molar-refractivity contribution is 5.81. The van der Waals surface area contributed by atoms with Gasteiger partial charge in [0.1, 0.15) is 6.10 Å². The summed E-state index contributed by atoms with van der Waals surface area (Å²) in [5.74, 6) is 0.0923. The van der Waals surface area contributed by atoms with Gasteiger partial charge in [-0.05, 0) is 48.8 Å². The number of rotatable bonds is 5. The number of likely N-dealkylation sites (tertiary alicyclic amines) is 1. The molecule has 148 valence electrons. The first-order valence-electron chi connectivity index (χ1n) is 10.6. The Morgan fingerprint density at radius 3 is 2.32 bits per heavy atom. The zero-order valence-electron chi connectivity index (χ0n) is 16.5. The van der Waals surface area contributed by atoms with Crippen LogP contribution in [0.25, 0.3) is 11.1 Å². The van der Waals surface area contributed by atoms with Gasteiger partial charge in [0.05, 0.1) is 0 Å². The maximum atomic E-state index is 12.3. The number of nitrogens with one attached hydrogen (secondary N) is 1. The molecule has 4 rings (SSSR count). The average molecular weight is 379 g/mol. The van der Waals surface area contributed by atoms with Crippen molar-refractivity contribution in [3.05, 3.63) is 60.2 Å². The molecule has 2 saturated heterocycles. The topological polar surface area (TPSA) is 41.6 Å². The van der Waals surface area contributed by atoms with Crippen molar-refractivity contribution < 1.29 is 9.53 Å². The second-order valence-electron chi connectivity index (χ2n) is 7.98. The number of carbonyl (C=O) groups excluding carboxylic acids is 1. The average Bonchev–Trinajstić information content (AvgIpc) is 2.77. The van der Waals surface area contributed by atoms with Gasteiger partial charge in [-0.2, -0.15) is 0 Å². The van der Waals surface area contributed by atoms with E-state index in [2.05, 4.69) is 58.7 Å². The Morgan fingerprint density at radius 2 is 1.64 bits per heavy atom. The van der Waals surface area contributed by atoms with Crippen molar-refractivity contribution in [2.45, 2.75) is 50.8 Å². The molecule has 2 fully saturated rings. The molecule has 2 aromatic carbocycles. The van der Waals surface area contributed by atoms with Crippen molar-refractivity contribution in [2.24, 2.45) is 0 Å². The van der Waals surface area contributed by atoms with E-state index in [1.807, 2.05) is 6.07 Å². The minimum absolute atomic E-state index is 0.0923. The fourth-order valence-corrected chi connectivity index (χ4v) is 4.17. The summed E-state index contributed by atoms with van der Waals surface area (Å²) >= 11 is 0. The van der Waals surface area contributed by atoms with E-state index in [1.165, 1.54) is 16.7 Å². The standard InChI is InChI=1S/C24H30N2O2/c27-24(23-8-4-5-17-28-23)25-22-13-15-26(16-14-22)18-19-9-11-21(12-10-19)20-6-2-1-3-7-20/h1-3,6-7,9-12,22-23H,4-5,8,13-18H2,(H,25,27)/t23-/m1/s1. The molecule has 1 N–H and O–H groups in total. The summed E-state index contributed by atoms with van der Waals surface area (Å²) in [7, 11) is 0. The fourth-order valence-electron chi connectivity index (χ4n) is 4.17. The van der Waals surface area contributed by atoms with Crippen LogP contribution in [0, 0.1) is 0 Å². The maximum absolute atomic E-state index is 12.3. The van der Waals surface area contributed by atoms with Gasteiger partial charge in [0.15, 0.2) is 0 Å². The van der Waals surface area contributed by atoms with Crippen LogP contribution in [-0.2, 0) is 16.1 Å². The molecular formula is C24H30N2O2. The molecule has 4 heteroatoms. The molecule has 0 saturated carbocycles. The fraction of sp³-hybridized carbons (Fsp3) is 0.458. The first-order chi connectivity index (χ1) is 13.8. The van der Waals surface area contributed by atoms with Gasteiger partial charge in [-0.25, -0.2) is 0 Å². The number of ether oxygens (including phenoxy) is 1. The lowest BCUT2D eigenvalue weighted by atomic mass is 10.0. The van der Waals surface area contributed by atoms with Gasteiger partial charge in [-0.3, -0.25) is 9.69 Å². The van der Waals surface area contributed by atoms with Gasteiger partial charge < -0.3 is 10.1 Å². The zero-order valence-corrected chi connectivity index (χ0v) is 16.5. The van der Waals surface area contributed by atoms with Crippen molar-refractivity contribution in [2.75, 3.05) is 19.7 Å². The van der Waals surface area contributed by atoms with Crippen molar-refractivity contribution in [3.63, 3.8) is 0 Å². The van der Waals surface area contributed by atoms with Crippen LogP contribution in [0.2, 0.25) is 0 Å². The zero-order chi connectivity index (χ0) is 19.2. The molecule has 4 nitrogen and oxygen atoms in total. The molecule has 2 heterocycles. The van der Waals surface area contributed by atoms with Crippen LogP contribution in [0.4, 0.5) is 0 Å². The van der Waals surface area contributed by atoms with Crippen molar-refractivity contribution in [1.29, 1.82) is 0 Å². The number of amides is 1. The Hall–Kier alpha value is -2.17. The van der Waals surface area contributed by atoms with Crippen LogP contribution >= 0.6 is 0 Å². The molecule has 1 atom stereocenters. The second-order valence-corrected chi connectivity index (χ2v) is 7.98. The number of piperidine rings is 1. The van der Waals surface area contributed by atoms with Gasteiger partial charge in [0.25, 0.3) is 0 Å². The van der Waals surface area contributed by atoms with Crippen LogP contribution in [0.3, 0.4) is 0 Å². The van der Waals surface area contributed by atoms with Crippen LogP contribution in [0.15, 0.2) is 54.6 Å². The third-order valence-corrected chi connectivity index (χ3v) is 5.87. The highest BCUT2D eigenvalue weighted by Gasteiger charge is 2.26. The predicted molar refractivity (Wildman–Crippen MR) is 112 cm³/mol. The highest BCUT2D eigenvalue weighted by Crippen LogP contribution is 2.21. The summed E-state index contributed by atoms with van der Waals surface area (Å²) < 4.78 is 5.60. The Bertz CT molecular complexity index is 746. The summed E-state index contributed by atoms with van der Waals surface area (Å²) in [5.41, 5.74) is 3.86. The summed E-state index contributed by atoms with van der Waals surface area (Å²) in [6.07, 6.45) is 4.84. The number of hydrogen-bond donors (Lipinski definition) is 1. The molecule has 28 heavy (non-hydrogen) atoms. The third kappa shape index (κ3) is 5.00. The molecule has 0 spiro atoms. The van der Waals surface area contributed by atoms with Crippen LogP contribution in [0.5, 0.6) is 0 Å². The van der Waals surface area contributed by atoms with E-state index in [-0.39, 0.29) is 18.1 Å². The Balaban J connectivity index is 1.23.